The molecule has 1 aromatic carbocycles. The van der Waals surface area contributed by atoms with E-state index in [9.17, 15) is 18.0 Å². The van der Waals surface area contributed by atoms with E-state index >= 15 is 0 Å². The van der Waals surface area contributed by atoms with Crippen molar-refractivity contribution >= 4 is 11.3 Å². The average Bonchev–Trinajstić information content (AvgIpc) is 3.10. The van der Waals surface area contributed by atoms with Gasteiger partial charge in [-0.2, -0.15) is 13.2 Å². The summed E-state index contributed by atoms with van der Waals surface area (Å²) in [5.41, 5.74) is 0.864. The van der Waals surface area contributed by atoms with Crippen LogP contribution in [0, 0.1) is 0 Å². The Morgan fingerprint density at radius 3 is 2.74 bits per heavy atom. The largest absolute Gasteiger partial charge is 0.449 e. The van der Waals surface area contributed by atoms with E-state index in [-0.39, 0.29) is 12.2 Å². The molecule has 0 fully saturated rings. The Kier molecular flexibility index (Phi) is 4.56. The van der Waals surface area contributed by atoms with Gasteiger partial charge in [-0.05, 0) is 0 Å². The highest BCUT2D eigenvalue weighted by Crippen LogP contribution is 2.28. The fourth-order valence-electron chi connectivity index (χ4n) is 3.07. The first-order chi connectivity index (χ1) is 12.9. The molecule has 3 aromatic rings. The molecule has 0 saturated carbocycles. The summed E-state index contributed by atoms with van der Waals surface area (Å²) in [6.07, 6.45) is -2.54. The highest BCUT2D eigenvalue weighted by molar-refractivity contribution is 7.15. The molecule has 27 heavy (non-hydrogen) atoms. The molecule has 0 radical (unpaired) electrons. The Bertz CT molecular complexity index is 1010. The molecule has 0 aliphatic carbocycles. The Hall–Kier alpha value is -2.52. The molecule has 2 aromatic heterocycles. The minimum Gasteiger partial charge on any atom is -0.303 e. The van der Waals surface area contributed by atoms with Crippen LogP contribution < -0.4 is 5.56 Å². The van der Waals surface area contributed by atoms with Gasteiger partial charge in [0.1, 0.15) is 5.01 Å². The lowest BCUT2D eigenvalue weighted by atomic mass is 10.1. The van der Waals surface area contributed by atoms with E-state index in [1.54, 1.807) is 17.5 Å². The molecule has 140 valence electrons. The van der Waals surface area contributed by atoms with Gasteiger partial charge in [-0.1, -0.05) is 30.3 Å². The lowest BCUT2D eigenvalue weighted by Crippen LogP contribution is -2.36. The molecule has 3 heterocycles. The number of rotatable bonds is 3. The van der Waals surface area contributed by atoms with Gasteiger partial charge in [0.2, 0.25) is 5.82 Å². The van der Waals surface area contributed by atoms with Crippen molar-refractivity contribution in [3.05, 3.63) is 68.8 Å². The van der Waals surface area contributed by atoms with Gasteiger partial charge in [0.05, 0.1) is 11.3 Å². The molecule has 4 rings (SSSR count). The fraction of sp³-hybridized carbons (Fsp3) is 0.278. The number of hydrogen-bond acceptors (Lipinski definition) is 5. The van der Waals surface area contributed by atoms with Gasteiger partial charge in [0.15, 0.2) is 0 Å². The van der Waals surface area contributed by atoms with E-state index in [4.69, 9.17) is 0 Å². The second-order valence-electron chi connectivity index (χ2n) is 6.30. The Morgan fingerprint density at radius 1 is 1.22 bits per heavy atom. The van der Waals surface area contributed by atoms with Crippen LogP contribution in [0.15, 0.2) is 41.3 Å². The van der Waals surface area contributed by atoms with E-state index in [1.807, 2.05) is 40.2 Å². The number of thiazole rings is 1. The average molecular weight is 392 g/mol. The summed E-state index contributed by atoms with van der Waals surface area (Å²) in [5.74, 6) is -1.23. The topological polar surface area (TPSA) is 61.9 Å². The summed E-state index contributed by atoms with van der Waals surface area (Å²) >= 11 is 1.57. The minimum absolute atomic E-state index is 0.233. The zero-order valence-electron chi connectivity index (χ0n) is 14.1. The van der Waals surface area contributed by atoms with Crippen LogP contribution >= 0.6 is 11.3 Å². The number of nitrogens with one attached hydrogen (secondary N) is 1. The van der Waals surface area contributed by atoms with Crippen LogP contribution in [0.5, 0.6) is 0 Å². The SMILES string of the molecule is O=c1[nH]c(C(F)(F)F)nc2c1CN(Cc1cnc(-c3ccccc3)s1)CC2. The van der Waals surface area contributed by atoms with Crippen molar-refractivity contribution in [2.75, 3.05) is 6.54 Å². The molecule has 1 aliphatic heterocycles. The molecular formula is C18H15F3N4OS. The first kappa shape index (κ1) is 17.9. The standard InChI is InChI=1S/C18H15F3N4OS/c19-18(20,21)17-23-14-6-7-25(10-13(14)15(26)24-17)9-12-8-22-16(27-12)11-4-2-1-3-5-11/h1-5,8H,6-7,9-10H2,(H,23,24,26). The van der Waals surface area contributed by atoms with Crippen LogP contribution in [0.4, 0.5) is 13.2 Å². The third-order valence-corrected chi connectivity index (χ3v) is 5.40. The first-order valence-corrected chi connectivity index (χ1v) is 9.13. The number of aromatic nitrogens is 3. The highest BCUT2D eigenvalue weighted by Gasteiger charge is 2.36. The number of aromatic amines is 1. The molecule has 1 N–H and O–H groups in total. The van der Waals surface area contributed by atoms with E-state index in [0.717, 1.165) is 15.4 Å². The van der Waals surface area contributed by atoms with Gasteiger partial charge in [0, 0.05) is 42.7 Å². The molecule has 0 saturated heterocycles. The van der Waals surface area contributed by atoms with Crippen LogP contribution in [0.25, 0.3) is 10.6 Å². The summed E-state index contributed by atoms with van der Waals surface area (Å²) in [5, 5.41) is 0.914. The minimum atomic E-state index is -4.65. The molecule has 9 heteroatoms. The van der Waals surface area contributed by atoms with Crippen LogP contribution in [-0.2, 0) is 25.7 Å². The van der Waals surface area contributed by atoms with Crippen molar-refractivity contribution in [3.8, 4) is 10.6 Å². The number of benzene rings is 1. The fourth-order valence-corrected chi connectivity index (χ4v) is 4.03. The lowest BCUT2D eigenvalue weighted by molar-refractivity contribution is -0.145. The van der Waals surface area contributed by atoms with Crippen molar-refractivity contribution in [1.29, 1.82) is 0 Å². The zero-order chi connectivity index (χ0) is 19.0. The van der Waals surface area contributed by atoms with Crippen LogP contribution in [0.2, 0.25) is 0 Å². The van der Waals surface area contributed by atoms with Gasteiger partial charge in [-0.15, -0.1) is 11.3 Å². The number of hydrogen-bond donors (Lipinski definition) is 1. The third kappa shape index (κ3) is 3.79. The van der Waals surface area contributed by atoms with Crippen molar-refractivity contribution in [2.45, 2.75) is 25.7 Å². The van der Waals surface area contributed by atoms with Crippen LogP contribution in [-0.4, -0.2) is 26.4 Å². The van der Waals surface area contributed by atoms with Crippen molar-refractivity contribution in [2.24, 2.45) is 0 Å². The number of H-pyrrole nitrogens is 1. The second kappa shape index (κ2) is 6.90. The zero-order valence-corrected chi connectivity index (χ0v) is 14.9. The number of alkyl halides is 3. The van der Waals surface area contributed by atoms with Gasteiger partial charge in [-0.25, -0.2) is 9.97 Å². The molecule has 0 unspecified atom stereocenters. The quantitative estimate of drug-likeness (QED) is 0.742. The maximum absolute atomic E-state index is 12.8. The predicted octanol–water partition coefficient (Wildman–Crippen LogP) is 3.47. The first-order valence-electron chi connectivity index (χ1n) is 8.32. The molecule has 0 amide bonds. The maximum atomic E-state index is 12.8. The lowest BCUT2D eigenvalue weighted by Gasteiger charge is -2.27. The van der Waals surface area contributed by atoms with E-state index < -0.39 is 17.6 Å². The van der Waals surface area contributed by atoms with Crippen molar-refractivity contribution < 1.29 is 13.2 Å². The molecule has 0 atom stereocenters. The Balaban J connectivity index is 1.51. The maximum Gasteiger partial charge on any atom is 0.449 e. The van der Waals surface area contributed by atoms with Crippen molar-refractivity contribution in [3.63, 3.8) is 0 Å². The summed E-state index contributed by atoms with van der Waals surface area (Å²) in [4.78, 5) is 25.1. The Morgan fingerprint density at radius 2 is 2.00 bits per heavy atom. The smallest absolute Gasteiger partial charge is 0.303 e. The van der Waals surface area contributed by atoms with E-state index in [0.29, 0.717) is 25.1 Å². The van der Waals surface area contributed by atoms with Gasteiger partial charge >= 0.3 is 6.18 Å². The second-order valence-corrected chi connectivity index (χ2v) is 7.41. The van der Waals surface area contributed by atoms with Crippen LogP contribution in [0.3, 0.4) is 0 Å². The van der Waals surface area contributed by atoms with E-state index in [1.165, 1.54) is 0 Å². The molecule has 0 bridgehead atoms. The molecule has 0 spiro atoms. The van der Waals surface area contributed by atoms with Crippen molar-refractivity contribution in [1.82, 2.24) is 19.9 Å². The van der Waals surface area contributed by atoms with Crippen LogP contribution in [0.1, 0.15) is 22.0 Å². The van der Waals surface area contributed by atoms with Gasteiger partial charge < -0.3 is 4.98 Å². The van der Waals surface area contributed by atoms with Gasteiger partial charge in [0.25, 0.3) is 5.56 Å². The summed E-state index contributed by atoms with van der Waals surface area (Å²) in [6, 6.07) is 9.82. The molecule has 1 aliphatic rings. The normalized spacial score (nSPS) is 14.9. The van der Waals surface area contributed by atoms with E-state index in [2.05, 4.69) is 9.97 Å². The monoisotopic (exact) mass is 392 g/mol. The summed E-state index contributed by atoms with van der Waals surface area (Å²) in [7, 11) is 0. The third-order valence-electron chi connectivity index (χ3n) is 4.37. The molecular weight excluding hydrogens is 377 g/mol. The number of nitrogens with zero attached hydrogens (tertiary/aromatic N) is 3. The highest BCUT2D eigenvalue weighted by atomic mass is 32.1. The number of fused-ring (bicyclic) bond motifs is 1. The predicted molar refractivity (Wildman–Crippen MR) is 95.2 cm³/mol. The molecule has 5 nitrogen and oxygen atoms in total. The summed E-state index contributed by atoms with van der Waals surface area (Å²) in [6.45, 7) is 1.40. The number of halogens is 3. The Labute approximate surface area is 156 Å². The summed E-state index contributed by atoms with van der Waals surface area (Å²) < 4.78 is 38.4. The van der Waals surface area contributed by atoms with Gasteiger partial charge in [-0.3, -0.25) is 9.69 Å².